The molecule has 0 bridgehead atoms. The first kappa shape index (κ1) is 33.0. The molecule has 3 aromatic carbocycles. The SMILES string of the molecule is C=CCC=CCCNCc1ccc2c(c1)OCCC2NC(=O)CC(NS(=O)(=O)c1cccc(C(F)(F)F)c1)c1ccccc1. The van der Waals surface area contributed by atoms with Gasteiger partial charge in [-0.25, -0.2) is 13.1 Å². The number of sulfonamides is 1. The lowest BCUT2D eigenvalue weighted by Gasteiger charge is -2.28. The van der Waals surface area contributed by atoms with Crippen LogP contribution in [0.2, 0.25) is 0 Å². The molecule has 7 nitrogen and oxygen atoms in total. The molecule has 0 saturated heterocycles. The Kier molecular flexibility index (Phi) is 11.4. The van der Waals surface area contributed by atoms with Gasteiger partial charge in [-0.05, 0) is 54.8 Å². The molecular formula is C33H36F3N3O4S. The van der Waals surface area contributed by atoms with Crippen molar-refractivity contribution in [2.45, 2.75) is 55.4 Å². The van der Waals surface area contributed by atoms with E-state index in [-0.39, 0.29) is 12.5 Å². The molecular weight excluding hydrogens is 591 g/mol. The molecule has 0 aromatic heterocycles. The second kappa shape index (κ2) is 15.2. The smallest absolute Gasteiger partial charge is 0.416 e. The number of hydrogen-bond acceptors (Lipinski definition) is 5. The van der Waals surface area contributed by atoms with Crippen LogP contribution in [0.1, 0.15) is 60.0 Å². The average Bonchev–Trinajstić information content (AvgIpc) is 3.00. The standard InChI is InChI=1S/C33H36F3N3O4S/c1-2-3-4-5-9-18-37-23-24-15-16-28-29(17-19-43-31(28)20-24)38-32(40)22-30(25-11-7-6-8-12-25)39-44(41,42)27-14-10-13-26(21-27)33(34,35)36/h2,4-8,10-16,20-21,29-30,37,39H,1,3,9,17-19,22-23H2,(H,38,40). The minimum Gasteiger partial charge on any atom is -0.493 e. The van der Waals surface area contributed by atoms with E-state index in [0.717, 1.165) is 48.7 Å². The van der Waals surface area contributed by atoms with Crippen LogP contribution in [-0.2, 0) is 27.5 Å². The van der Waals surface area contributed by atoms with Crippen LogP contribution in [0.15, 0.2) is 102 Å². The van der Waals surface area contributed by atoms with E-state index in [4.69, 9.17) is 4.74 Å². The number of alkyl halides is 3. The first-order chi connectivity index (χ1) is 21.1. The molecule has 3 aromatic rings. The van der Waals surface area contributed by atoms with Crippen molar-refractivity contribution >= 4 is 15.9 Å². The van der Waals surface area contributed by atoms with E-state index < -0.39 is 38.6 Å². The van der Waals surface area contributed by atoms with Crippen molar-refractivity contribution < 1.29 is 31.1 Å². The first-order valence-corrected chi connectivity index (χ1v) is 15.8. The van der Waals surface area contributed by atoms with Gasteiger partial charge in [0.15, 0.2) is 0 Å². The highest BCUT2D eigenvalue weighted by molar-refractivity contribution is 7.89. The van der Waals surface area contributed by atoms with Gasteiger partial charge in [0.05, 0.1) is 29.1 Å². The Labute approximate surface area is 256 Å². The van der Waals surface area contributed by atoms with E-state index >= 15 is 0 Å². The second-order valence-electron chi connectivity index (χ2n) is 10.4. The second-order valence-corrected chi connectivity index (χ2v) is 12.1. The number of ether oxygens (including phenoxy) is 1. The third-order valence-corrected chi connectivity index (χ3v) is 8.57. The molecule has 11 heteroatoms. The maximum atomic E-state index is 13.3. The lowest BCUT2D eigenvalue weighted by molar-refractivity contribution is -0.137. The third-order valence-electron chi connectivity index (χ3n) is 7.10. The number of hydrogen-bond donors (Lipinski definition) is 3. The fourth-order valence-corrected chi connectivity index (χ4v) is 6.14. The van der Waals surface area contributed by atoms with Crippen LogP contribution in [0.3, 0.4) is 0 Å². The highest BCUT2D eigenvalue weighted by Crippen LogP contribution is 2.34. The van der Waals surface area contributed by atoms with Crippen molar-refractivity contribution in [2.24, 2.45) is 0 Å². The average molecular weight is 628 g/mol. The largest absolute Gasteiger partial charge is 0.493 e. The van der Waals surface area contributed by atoms with E-state index in [1.807, 2.05) is 24.3 Å². The van der Waals surface area contributed by atoms with Gasteiger partial charge in [-0.15, -0.1) is 6.58 Å². The van der Waals surface area contributed by atoms with Crippen LogP contribution >= 0.6 is 0 Å². The van der Waals surface area contributed by atoms with Crippen LogP contribution in [0.4, 0.5) is 13.2 Å². The van der Waals surface area contributed by atoms with Crippen molar-refractivity contribution in [3.8, 4) is 5.75 Å². The summed E-state index contributed by atoms with van der Waals surface area (Å²) in [6, 6.07) is 16.4. The number of carbonyl (C=O) groups is 1. The number of allylic oxidation sites excluding steroid dienone is 2. The summed E-state index contributed by atoms with van der Waals surface area (Å²) in [5, 5.41) is 6.39. The maximum Gasteiger partial charge on any atom is 0.416 e. The molecule has 0 aliphatic carbocycles. The van der Waals surface area contributed by atoms with E-state index in [2.05, 4.69) is 34.1 Å². The van der Waals surface area contributed by atoms with E-state index in [1.165, 1.54) is 0 Å². The maximum absolute atomic E-state index is 13.3. The number of fused-ring (bicyclic) bond motifs is 1. The molecule has 1 amide bonds. The Morgan fingerprint density at radius 1 is 1.05 bits per heavy atom. The monoisotopic (exact) mass is 627 g/mol. The Hall–Kier alpha value is -3.93. The number of nitrogens with one attached hydrogen (secondary N) is 3. The Morgan fingerprint density at radius 3 is 2.59 bits per heavy atom. The van der Waals surface area contributed by atoms with Crippen LogP contribution in [0, 0.1) is 0 Å². The minimum absolute atomic E-state index is 0.266. The summed E-state index contributed by atoms with van der Waals surface area (Å²) >= 11 is 0. The normalized spacial score (nSPS) is 15.8. The first-order valence-electron chi connectivity index (χ1n) is 14.3. The molecule has 1 heterocycles. The fraction of sp³-hybridized carbons (Fsp3) is 0.303. The molecule has 3 N–H and O–H groups in total. The zero-order chi connectivity index (χ0) is 31.6. The van der Waals surface area contributed by atoms with Gasteiger partial charge >= 0.3 is 6.18 Å². The van der Waals surface area contributed by atoms with Crippen molar-refractivity contribution in [2.75, 3.05) is 13.2 Å². The quantitative estimate of drug-likeness (QED) is 0.143. The van der Waals surface area contributed by atoms with Crippen LogP contribution < -0.4 is 20.1 Å². The molecule has 1 aliphatic heterocycles. The summed E-state index contributed by atoms with van der Waals surface area (Å²) in [5.41, 5.74) is 1.28. The summed E-state index contributed by atoms with van der Waals surface area (Å²) in [7, 11) is -4.40. The highest BCUT2D eigenvalue weighted by atomic mass is 32.2. The topological polar surface area (TPSA) is 96.5 Å². The molecule has 2 atom stereocenters. The van der Waals surface area contributed by atoms with Crippen LogP contribution in [-0.4, -0.2) is 27.5 Å². The molecule has 0 fully saturated rings. The molecule has 4 rings (SSSR count). The predicted octanol–water partition coefficient (Wildman–Crippen LogP) is 6.37. The molecule has 0 saturated carbocycles. The summed E-state index contributed by atoms with van der Waals surface area (Å²) in [6.45, 7) is 5.57. The lowest BCUT2D eigenvalue weighted by Crippen LogP contribution is -2.36. The summed E-state index contributed by atoms with van der Waals surface area (Å²) in [6.07, 6.45) is 3.34. The van der Waals surface area contributed by atoms with Gasteiger partial charge < -0.3 is 15.4 Å². The van der Waals surface area contributed by atoms with Crippen molar-refractivity contribution in [1.82, 2.24) is 15.4 Å². The van der Waals surface area contributed by atoms with Crippen molar-refractivity contribution in [3.63, 3.8) is 0 Å². The summed E-state index contributed by atoms with van der Waals surface area (Å²) in [5.74, 6) is 0.260. The van der Waals surface area contributed by atoms with Gasteiger partial charge in [0.2, 0.25) is 15.9 Å². The van der Waals surface area contributed by atoms with E-state index in [0.29, 0.717) is 37.0 Å². The number of rotatable bonds is 14. The van der Waals surface area contributed by atoms with Crippen molar-refractivity contribution in [1.29, 1.82) is 0 Å². The fourth-order valence-electron chi connectivity index (χ4n) is 4.87. The molecule has 44 heavy (non-hydrogen) atoms. The summed E-state index contributed by atoms with van der Waals surface area (Å²) in [4.78, 5) is 12.8. The molecule has 1 aliphatic rings. The zero-order valence-corrected chi connectivity index (χ0v) is 25.0. The Bertz CT molecular complexity index is 1560. The van der Waals surface area contributed by atoms with Gasteiger partial charge in [0, 0.05) is 24.9 Å². The molecule has 234 valence electrons. The third kappa shape index (κ3) is 9.28. The lowest BCUT2D eigenvalue weighted by atomic mass is 9.98. The minimum atomic E-state index is -4.70. The number of carbonyl (C=O) groups excluding carboxylic acids is 1. The molecule has 0 radical (unpaired) electrons. The Morgan fingerprint density at radius 2 is 1.84 bits per heavy atom. The number of amides is 1. The Balaban J connectivity index is 1.43. The van der Waals surface area contributed by atoms with Gasteiger partial charge in [-0.2, -0.15) is 13.2 Å². The van der Waals surface area contributed by atoms with Crippen LogP contribution in [0.5, 0.6) is 5.75 Å². The van der Waals surface area contributed by atoms with Gasteiger partial charge in [-0.3, -0.25) is 4.79 Å². The van der Waals surface area contributed by atoms with E-state index in [9.17, 15) is 26.4 Å². The number of halogens is 3. The van der Waals surface area contributed by atoms with Gasteiger partial charge in [0.25, 0.3) is 0 Å². The summed E-state index contributed by atoms with van der Waals surface area (Å²) < 4.78 is 74.4. The zero-order valence-electron chi connectivity index (χ0n) is 24.1. The van der Waals surface area contributed by atoms with Crippen molar-refractivity contribution in [3.05, 3.63) is 120 Å². The van der Waals surface area contributed by atoms with Gasteiger partial charge in [0.1, 0.15) is 5.75 Å². The van der Waals surface area contributed by atoms with Gasteiger partial charge in [-0.1, -0.05) is 66.8 Å². The van der Waals surface area contributed by atoms with Crippen LogP contribution in [0.25, 0.3) is 0 Å². The molecule has 0 spiro atoms. The van der Waals surface area contributed by atoms with E-state index in [1.54, 1.807) is 30.3 Å². The number of benzene rings is 3. The predicted molar refractivity (Wildman–Crippen MR) is 163 cm³/mol. The highest BCUT2D eigenvalue weighted by Gasteiger charge is 2.33. The molecule has 2 unspecified atom stereocenters.